The summed E-state index contributed by atoms with van der Waals surface area (Å²) in [5.74, 6) is 0.923. The monoisotopic (exact) mass is 384 g/mol. The number of nitrogens with one attached hydrogen (secondary N) is 2. The Morgan fingerprint density at radius 3 is 2.44 bits per heavy atom. The number of aromatic nitrogens is 1. The van der Waals surface area contributed by atoms with E-state index in [0.717, 1.165) is 38.5 Å². The summed E-state index contributed by atoms with van der Waals surface area (Å²) in [6.07, 6.45) is 1.46. The van der Waals surface area contributed by atoms with Gasteiger partial charge < -0.3 is 4.90 Å². The normalized spacial score (nSPS) is 16.0. The summed E-state index contributed by atoms with van der Waals surface area (Å²) in [6.45, 7) is 4.93. The number of fused-ring (bicyclic) bond motifs is 1. The van der Waals surface area contributed by atoms with Gasteiger partial charge in [0.25, 0.3) is 5.82 Å². The Labute approximate surface area is 159 Å². The van der Waals surface area contributed by atoms with Crippen molar-refractivity contribution in [1.29, 1.82) is 0 Å². The molecule has 7 heteroatoms. The average molecular weight is 385 g/mol. The summed E-state index contributed by atoms with van der Waals surface area (Å²) < 4.78 is 22.7. The summed E-state index contributed by atoms with van der Waals surface area (Å²) in [7, 11) is -3.67. The number of piperazine rings is 1. The van der Waals surface area contributed by atoms with E-state index in [0.29, 0.717) is 0 Å². The topological polar surface area (TPSA) is 82.0 Å². The van der Waals surface area contributed by atoms with E-state index < -0.39 is 10.0 Å². The molecule has 0 unspecified atom stereocenters. The Hall–Kier alpha value is -2.48. The molecule has 3 aromatic rings. The highest BCUT2D eigenvalue weighted by Crippen LogP contribution is 2.18. The Morgan fingerprint density at radius 2 is 1.74 bits per heavy atom. The molecule has 1 aliphatic rings. The maximum absolute atomic E-state index is 11.4. The van der Waals surface area contributed by atoms with Gasteiger partial charge in [0.1, 0.15) is 43.8 Å². The maximum Gasteiger partial charge on any atom is 0.274 e. The van der Waals surface area contributed by atoms with Crippen LogP contribution in [0.2, 0.25) is 0 Å². The molecule has 0 bridgehead atoms. The fraction of sp³-hybridized carbons (Fsp3) is 0.250. The number of pyridine rings is 1. The van der Waals surface area contributed by atoms with Crippen LogP contribution in [0, 0.1) is 0 Å². The van der Waals surface area contributed by atoms with Crippen molar-refractivity contribution in [2.75, 3.05) is 31.1 Å². The molecular formula is C20H24N4O2S+2. The molecule has 1 aromatic heterocycles. The Morgan fingerprint density at radius 1 is 1.00 bits per heavy atom. The average Bonchev–Trinajstić information content (AvgIpc) is 2.68. The fourth-order valence-corrected chi connectivity index (χ4v) is 4.21. The number of aromatic amines is 1. The third kappa shape index (κ3) is 3.95. The van der Waals surface area contributed by atoms with Crippen LogP contribution in [0.25, 0.3) is 10.8 Å². The highest BCUT2D eigenvalue weighted by Gasteiger charge is 2.26. The highest BCUT2D eigenvalue weighted by molar-refractivity contribution is 7.89. The van der Waals surface area contributed by atoms with Crippen LogP contribution in [0.5, 0.6) is 0 Å². The lowest BCUT2D eigenvalue weighted by atomic mass is 10.0. The molecule has 1 fully saturated rings. The minimum atomic E-state index is -3.67. The van der Waals surface area contributed by atoms with E-state index in [2.05, 4.69) is 52.3 Å². The van der Waals surface area contributed by atoms with Gasteiger partial charge in [-0.1, -0.05) is 42.5 Å². The van der Waals surface area contributed by atoms with E-state index >= 15 is 0 Å². The lowest BCUT2D eigenvalue weighted by Gasteiger charge is -2.28. The predicted octanol–water partition coefficient (Wildman–Crippen LogP) is 0.206. The van der Waals surface area contributed by atoms with Crippen molar-refractivity contribution in [1.82, 2.24) is 0 Å². The highest BCUT2D eigenvalue weighted by atomic mass is 32.2. The van der Waals surface area contributed by atoms with Gasteiger partial charge in [-0.25, -0.2) is 18.5 Å². The van der Waals surface area contributed by atoms with Crippen molar-refractivity contribution < 1.29 is 18.3 Å². The molecule has 2 aromatic carbocycles. The second-order valence-electron chi connectivity index (χ2n) is 7.01. The minimum absolute atomic E-state index is 0.103. The lowest BCUT2D eigenvalue weighted by Crippen LogP contribution is -3.13. The van der Waals surface area contributed by atoms with Gasteiger partial charge >= 0.3 is 0 Å². The molecule has 4 rings (SSSR count). The van der Waals surface area contributed by atoms with E-state index in [1.54, 1.807) is 17.0 Å². The van der Waals surface area contributed by atoms with E-state index in [1.165, 1.54) is 22.5 Å². The van der Waals surface area contributed by atoms with Crippen LogP contribution in [0.15, 0.2) is 65.7 Å². The van der Waals surface area contributed by atoms with Crippen molar-refractivity contribution in [2.45, 2.75) is 11.4 Å². The molecule has 0 spiro atoms. The van der Waals surface area contributed by atoms with Gasteiger partial charge in [-0.05, 0) is 16.8 Å². The van der Waals surface area contributed by atoms with Crippen molar-refractivity contribution >= 4 is 26.6 Å². The number of nitrogens with zero attached hydrogens (tertiary/aromatic N) is 1. The molecule has 0 aliphatic carbocycles. The van der Waals surface area contributed by atoms with E-state index in [9.17, 15) is 8.42 Å². The van der Waals surface area contributed by atoms with Gasteiger partial charge in [-0.2, -0.15) is 0 Å². The van der Waals surface area contributed by atoms with Gasteiger partial charge in [-0.3, -0.25) is 4.90 Å². The largest absolute Gasteiger partial charge is 0.325 e. The minimum Gasteiger partial charge on any atom is -0.325 e. The summed E-state index contributed by atoms with van der Waals surface area (Å²) in [4.78, 5) is 6.97. The lowest BCUT2D eigenvalue weighted by molar-refractivity contribution is -0.914. The molecule has 4 N–H and O–H groups in total. The zero-order valence-electron chi connectivity index (χ0n) is 15.1. The molecular weight excluding hydrogens is 360 g/mol. The van der Waals surface area contributed by atoms with E-state index in [-0.39, 0.29) is 4.90 Å². The SMILES string of the molecule is NS(=O)(=O)c1ccc(N2CC[NH+](Cc3cccc4ccccc34)CC2)[nH+]c1. The molecule has 1 aliphatic heterocycles. The number of quaternary nitrogens is 1. The quantitative estimate of drug-likeness (QED) is 0.675. The van der Waals surface area contributed by atoms with Crippen LogP contribution in [0.1, 0.15) is 5.56 Å². The van der Waals surface area contributed by atoms with Crippen LogP contribution in [-0.4, -0.2) is 34.6 Å². The van der Waals surface area contributed by atoms with Gasteiger partial charge in [0.15, 0.2) is 0 Å². The maximum atomic E-state index is 11.4. The van der Waals surface area contributed by atoms with E-state index in [4.69, 9.17) is 5.14 Å². The number of primary sulfonamides is 1. The fourth-order valence-electron chi connectivity index (χ4n) is 3.73. The number of nitrogens with two attached hydrogens (primary N) is 1. The third-order valence-corrected chi connectivity index (χ3v) is 6.14. The number of anilines is 1. The molecule has 0 radical (unpaired) electrons. The number of H-pyrrole nitrogens is 1. The molecule has 0 atom stereocenters. The van der Waals surface area contributed by atoms with Crippen LogP contribution >= 0.6 is 0 Å². The van der Waals surface area contributed by atoms with Crippen LogP contribution in [0.3, 0.4) is 0 Å². The number of hydrogen-bond donors (Lipinski definition) is 2. The molecule has 0 saturated carbocycles. The van der Waals surface area contributed by atoms with Crippen LogP contribution < -0.4 is 19.9 Å². The number of rotatable bonds is 4. The van der Waals surface area contributed by atoms with Gasteiger partial charge in [-0.15, -0.1) is 0 Å². The molecule has 2 heterocycles. The molecule has 1 saturated heterocycles. The second kappa shape index (κ2) is 7.26. The molecule has 6 nitrogen and oxygen atoms in total. The Bertz CT molecular complexity index is 1040. The van der Waals surface area contributed by atoms with Gasteiger partial charge in [0.2, 0.25) is 10.0 Å². The summed E-state index contributed by atoms with van der Waals surface area (Å²) in [5.41, 5.74) is 1.39. The zero-order chi connectivity index (χ0) is 18.9. The number of benzene rings is 2. The van der Waals surface area contributed by atoms with Crippen molar-refractivity contribution in [2.24, 2.45) is 5.14 Å². The van der Waals surface area contributed by atoms with E-state index in [1.807, 2.05) is 0 Å². The molecule has 140 valence electrons. The second-order valence-corrected chi connectivity index (χ2v) is 8.57. The summed E-state index contributed by atoms with van der Waals surface area (Å²) in [5, 5.41) is 7.78. The predicted molar refractivity (Wildman–Crippen MR) is 105 cm³/mol. The molecule has 0 amide bonds. The first-order chi connectivity index (χ1) is 13.0. The summed E-state index contributed by atoms with van der Waals surface area (Å²) in [6, 6.07) is 18.4. The first-order valence-electron chi connectivity index (χ1n) is 9.10. The first-order valence-corrected chi connectivity index (χ1v) is 10.6. The standard InChI is InChI=1S/C20H22N4O2S/c21-27(25,26)18-8-9-20(22-14-18)24-12-10-23(11-13-24)15-17-6-3-5-16-4-1-2-7-19(16)17/h1-9,14H,10-13,15H2,(H2,21,25,26)/p+2. The third-order valence-electron chi connectivity index (χ3n) is 5.23. The first kappa shape index (κ1) is 17.9. The smallest absolute Gasteiger partial charge is 0.274 e. The zero-order valence-corrected chi connectivity index (χ0v) is 15.9. The van der Waals surface area contributed by atoms with Crippen LogP contribution in [-0.2, 0) is 16.6 Å². The van der Waals surface area contributed by atoms with Crippen molar-refractivity contribution in [3.8, 4) is 0 Å². The van der Waals surface area contributed by atoms with Crippen LogP contribution in [0.4, 0.5) is 5.82 Å². The van der Waals surface area contributed by atoms with Gasteiger partial charge in [0.05, 0.1) is 0 Å². The van der Waals surface area contributed by atoms with Gasteiger partial charge in [0, 0.05) is 11.6 Å². The van der Waals surface area contributed by atoms with Crippen molar-refractivity contribution in [3.63, 3.8) is 0 Å². The number of sulfonamides is 1. The van der Waals surface area contributed by atoms with Crippen molar-refractivity contribution in [3.05, 3.63) is 66.4 Å². The Kier molecular flexibility index (Phi) is 4.82. The summed E-state index contributed by atoms with van der Waals surface area (Å²) >= 11 is 0. The Balaban J connectivity index is 1.42. The molecule has 27 heavy (non-hydrogen) atoms. The number of hydrogen-bond acceptors (Lipinski definition) is 3.